The zero-order valence-electron chi connectivity index (χ0n) is 10.5. The summed E-state index contributed by atoms with van der Waals surface area (Å²) in [7, 11) is 0. The molecule has 0 saturated heterocycles. The molecule has 6 nitrogen and oxygen atoms in total. The smallest absolute Gasteiger partial charge is 0.143 e. The molecule has 1 heterocycles. The average Bonchev–Trinajstić information content (AvgIpc) is 2.34. The van der Waals surface area contributed by atoms with Gasteiger partial charge in [-0.1, -0.05) is 12.1 Å². The van der Waals surface area contributed by atoms with Crippen LogP contribution in [-0.2, 0) is 0 Å². The number of hydrogen-bond acceptors (Lipinski definition) is 5. The van der Waals surface area contributed by atoms with E-state index >= 15 is 0 Å². The predicted octanol–water partition coefficient (Wildman–Crippen LogP) is 0.994. The zero-order chi connectivity index (χ0) is 12.8. The van der Waals surface area contributed by atoms with Gasteiger partial charge in [-0.3, -0.25) is 0 Å². The van der Waals surface area contributed by atoms with Crippen molar-refractivity contribution in [3.8, 4) is 0 Å². The minimum Gasteiger partial charge on any atom is -0.409 e. The van der Waals surface area contributed by atoms with E-state index in [1.165, 1.54) is 0 Å². The second-order valence-corrected chi connectivity index (χ2v) is 3.98. The number of hydrogen-bond donors (Lipinski definition) is 2. The fraction of sp³-hybridized carbons (Fsp3) is 0.545. The third kappa shape index (κ3) is 3.58. The first kappa shape index (κ1) is 13.2. The van der Waals surface area contributed by atoms with Gasteiger partial charge < -0.3 is 15.8 Å². The summed E-state index contributed by atoms with van der Waals surface area (Å²) in [6, 6.07) is 1.92. The van der Waals surface area contributed by atoms with Gasteiger partial charge in [0.15, 0.2) is 0 Å². The van der Waals surface area contributed by atoms with Crippen LogP contribution in [-0.4, -0.2) is 34.1 Å². The highest BCUT2D eigenvalue weighted by Gasteiger charge is 2.14. The van der Waals surface area contributed by atoms with Crippen LogP contribution >= 0.6 is 0 Å². The van der Waals surface area contributed by atoms with Crippen LogP contribution in [0.25, 0.3) is 0 Å². The van der Waals surface area contributed by atoms with Crippen molar-refractivity contribution in [2.45, 2.75) is 20.8 Å². The summed E-state index contributed by atoms with van der Waals surface area (Å²) in [6.45, 7) is 7.33. The van der Waals surface area contributed by atoms with E-state index < -0.39 is 0 Å². The maximum absolute atomic E-state index is 8.62. The van der Waals surface area contributed by atoms with Gasteiger partial charge in [0, 0.05) is 30.8 Å². The molecule has 0 aliphatic rings. The number of rotatable bonds is 5. The lowest BCUT2D eigenvalue weighted by Crippen LogP contribution is -2.35. The summed E-state index contributed by atoms with van der Waals surface area (Å²) in [5.41, 5.74) is 6.49. The van der Waals surface area contributed by atoms with E-state index in [1.807, 2.05) is 26.8 Å². The molecule has 0 saturated carbocycles. The van der Waals surface area contributed by atoms with Crippen molar-refractivity contribution in [2.24, 2.45) is 16.8 Å². The maximum atomic E-state index is 8.62. The molecule has 1 unspecified atom stereocenters. The molecule has 0 radical (unpaired) electrons. The Morgan fingerprint density at radius 3 is 2.82 bits per heavy atom. The Morgan fingerprint density at radius 1 is 1.59 bits per heavy atom. The third-order valence-electron chi connectivity index (χ3n) is 2.61. The van der Waals surface area contributed by atoms with E-state index in [9.17, 15) is 0 Å². The Labute approximate surface area is 101 Å². The molecule has 0 aromatic carbocycles. The number of oxime groups is 1. The van der Waals surface area contributed by atoms with Crippen molar-refractivity contribution in [1.82, 2.24) is 9.97 Å². The lowest BCUT2D eigenvalue weighted by atomic mass is 10.1. The van der Waals surface area contributed by atoms with E-state index in [4.69, 9.17) is 10.9 Å². The Kier molecular flexibility index (Phi) is 4.68. The van der Waals surface area contributed by atoms with Crippen LogP contribution in [0.15, 0.2) is 17.5 Å². The summed E-state index contributed by atoms with van der Waals surface area (Å²) >= 11 is 0. The molecule has 0 spiro atoms. The lowest BCUT2D eigenvalue weighted by Gasteiger charge is -2.24. The fourth-order valence-corrected chi connectivity index (χ4v) is 1.52. The molecule has 1 aromatic rings. The van der Waals surface area contributed by atoms with Crippen LogP contribution in [0, 0.1) is 12.8 Å². The molecular weight excluding hydrogens is 218 g/mol. The fourth-order valence-electron chi connectivity index (χ4n) is 1.52. The monoisotopic (exact) mass is 237 g/mol. The van der Waals surface area contributed by atoms with Crippen LogP contribution in [0.5, 0.6) is 0 Å². The molecule has 1 rings (SSSR count). The normalized spacial score (nSPS) is 13.5. The molecule has 17 heavy (non-hydrogen) atoms. The lowest BCUT2D eigenvalue weighted by molar-refractivity contribution is 0.314. The summed E-state index contributed by atoms with van der Waals surface area (Å²) < 4.78 is 0. The Morgan fingerprint density at radius 2 is 2.29 bits per heavy atom. The largest absolute Gasteiger partial charge is 0.409 e. The van der Waals surface area contributed by atoms with Gasteiger partial charge >= 0.3 is 0 Å². The van der Waals surface area contributed by atoms with E-state index in [0.717, 1.165) is 18.1 Å². The second-order valence-electron chi connectivity index (χ2n) is 3.98. The Bertz CT molecular complexity index is 393. The van der Waals surface area contributed by atoms with Gasteiger partial charge in [-0.2, -0.15) is 0 Å². The summed E-state index contributed by atoms with van der Waals surface area (Å²) in [5, 5.41) is 11.6. The summed E-state index contributed by atoms with van der Waals surface area (Å²) in [6.07, 6.45) is 1.54. The molecule has 6 heteroatoms. The second kappa shape index (κ2) is 6.03. The van der Waals surface area contributed by atoms with Crippen molar-refractivity contribution < 1.29 is 5.21 Å². The minimum atomic E-state index is -0.0322. The van der Waals surface area contributed by atoms with Gasteiger partial charge in [0.2, 0.25) is 0 Å². The number of anilines is 1. The van der Waals surface area contributed by atoms with Crippen molar-refractivity contribution in [2.75, 3.05) is 18.0 Å². The van der Waals surface area contributed by atoms with E-state index in [2.05, 4.69) is 20.0 Å². The summed E-state index contributed by atoms with van der Waals surface area (Å²) in [4.78, 5) is 10.3. The minimum absolute atomic E-state index is 0.0322. The van der Waals surface area contributed by atoms with Crippen LogP contribution in [0.3, 0.4) is 0 Å². The molecule has 3 N–H and O–H groups in total. The van der Waals surface area contributed by atoms with Gasteiger partial charge in [0.05, 0.1) is 0 Å². The molecular formula is C11H19N5O. The molecule has 0 amide bonds. The molecule has 0 aliphatic heterocycles. The topological polar surface area (TPSA) is 87.6 Å². The van der Waals surface area contributed by atoms with E-state index in [1.54, 1.807) is 6.33 Å². The van der Waals surface area contributed by atoms with Gasteiger partial charge in [-0.15, -0.1) is 0 Å². The number of nitrogens with two attached hydrogens (primary N) is 1. The van der Waals surface area contributed by atoms with Gasteiger partial charge in [-0.25, -0.2) is 9.97 Å². The van der Waals surface area contributed by atoms with Gasteiger partial charge in [0.25, 0.3) is 0 Å². The number of aromatic nitrogens is 2. The average molecular weight is 237 g/mol. The number of nitrogens with zero attached hydrogens (tertiary/aromatic N) is 4. The van der Waals surface area contributed by atoms with E-state index in [-0.39, 0.29) is 11.8 Å². The van der Waals surface area contributed by atoms with Crippen LogP contribution in [0.1, 0.15) is 19.5 Å². The quantitative estimate of drug-likeness (QED) is 0.345. The highest BCUT2D eigenvalue weighted by Crippen LogP contribution is 2.12. The van der Waals surface area contributed by atoms with E-state index in [0.29, 0.717) is 6.54 Å². The first-order chi connectivity index (χ1) is 8.08. The van der Waals surface area contributed by atoms with Gasteiger partial charge in [-0.05, 0) is 13.8 Å². The van der Waals surface area contributed by atoms with Crippen molar-refractivity contribution >= 4 is 11.7 Å². The Hall–Kier alpha value is -1.85. The highest BCUT2D eigenvalue weighted by molar-refractivity contribution is 5.82. The third-order valence-corrected chi connectivity index (χ3v) is 2.61. The molecule has 1 atom stereocenters. The van der Waals surface area contributed by atoms with Crippen molar-refractivity contribution in [3.05, 3.63) is 18.1 Å². The molecule has 0 fully saturated rings. The molecule has 1 aromatic heterocycles. The Balaban J connectivity index is 2.79. The standard InChI is InChI=1S/C11H19N5O/c1-4-16(6-8(2)11(12)15-17)10-5-9(3)13-7-14-10/h5,7-8,17H,4,6H2,1-3H3,(H2,12,15). The van der Waals surface area contributed by atoms with Crippen molar-refractivity contribution in [1.29, 1.82) is 0 Å². The van der Waals surface area contributed by atoms with Crippen LogP contribution in [0.2, 0.25) is 0 Å². The number of aryl methyl sites for hydroxylation is 1. The van der Waals surface area contributed by atoms with Crippen molar-refractivity contribution in [3.63, 3.8) is 0 Å². The number of amidine groups is 1. The molecule has 0 aliphatic carbocycles. The van der Waals surface area contributed by atoms with Crippen LogP contribution < -0.4 is 10.6 Å². The SMILES string of the molecule is CCN(CC(C)/C(N)=N/O)c1cc(C)ncn1. The molecule has 0 bridgehead atoms. The first-order valence-electron chi connectivity index (χ1n) is 5.59. The molecule has 94 valence electrons. The van der Waals surface area contributed by atoms with Crippen LogP contribution in [0.4, 0.5) is 5.82 Å². The zero-order valence-corrected chi connectivity index (χ0v) is 10.5. The first-order valence-corrected chi connectivity index (χ1v) is 5.59. The summed E-state index contributed by atoms with van der Waals surface area (Å²) in [5.74, 6) is 1.06. The predicted molar refractivity (Wildman–Crippen MR) is 67.2 cm³/mol. The highest BCUT2D eigenvalue weighted by atomic mass is 16.4. The van der Waals surface area contributed by atoms with Gasteiger partial charge in [0.1, 0.15) is 18.0 Å². The maximum Gasteiger partial charge on any atom is 0.143 e.